The van der Waals surface area contributed by atoms with E-state index in [-0.39, 0.29) is 26.3 Å². The van der Waals surface area contributed by atoms with Crippen LogP contribution in [0.3, 0.4) is 0 Å². The summed E-state index contributed by atoms with van der Waals surface area (Å²) in [7, 11) is 1.18. The normalized spacial score (nSPS) is 17.6. The number of esters is 3. The van der Waals surface area contributed by atoms with Gasteiger partial charge in [0.15, 0.2) is 0 Å². The first-order valence-electron chi connectivity index (χ1n) is 17.0. The van der Waals surface area contributed by atoms with Crippen LogP contribution >= 0.6 is 0 Å². The van der Waals surface area contributed by atoms with E-state index in [2.05, 4.69) is 0 Å². The summed E-state index contributed by atoms with van der Waals surface area (Å²) < 4.78 is 22.4. The molecule has 0 unspecified atom stereocenters. The van der Waals surface area contributed by atoms with Crippen molar-refractivity contribution >= 4 is 23.8 Å². The number of nitrogens with zero attached hydrogens (tertiary/aromatic N) is 1. The molecule has 5 aromatic carbocycles. The maximum Gasteiger partial charge on any atom is 0.311 e. The van der Waals surface area contributed by atoms with Crippen molar-refractivity contribution in [3.8, 4) is 11.5 Å². The average Bonchev–Trinajstić information content (AvgIpc) is 3.18. The molecule has 1 fully saturated rings. The molecule has 52 heavy (non-hydrogen) atoms. The highest BCUT2D eigenvalue weighted by atomic mass is 16.5. The molecule has 0 radical (unpaired) electrons. The molecule has 5 aromatic rings. The van der Waals surface area contributed by atoms with Crippen molar-refractivity contribution in [3.05, 3.63) is 168 Å². The highest BCUT2D eigenvalue weighted by Crippen LogP contribution is 2.50. The summed E-state index contributed by atoms with van der Waals surface area (Å²) >= 11 is 0. The van der Waals surface area contributed by atoms with E-state index in [0.717, 1.165) is 22.3 Å². The van der Waals surface area contributed by atoms with Gasteiger partial charge >= 0.3 is 17.9 Å². The molecule has 2 atom stereocenters. The fourth-order valence-corrected chi connectivity index (χ4v) is 6.46. The second kappa shape index (κ2) is 17.1. The predicted molar refractivity (Wildman–Crippen MR) is 192 cm³/mol. The van der Waals surface area contributed by atoms with Gasteiger partial charge in [-0.15, -0.1) is 0 Å². The van der Waals surface area contributed by atoms with Gasteiger partial charge in [-0.25, -0.2) is 0 Å². The first kappa shape index (κ1) is 35.6. The summed E-state index contributed by atoms with van der Waals surface area (Å²) in [6.45, 7) is 0.188. The summed E-state index contributed by atoms with van der Waals surface area (Å²) in [6.07, 6.45) is 0. The molecule has 1 aliphatic rings. The maximum absolute atomic E-state index is 14.8. The quantitative estimate of drug-likeness (QED) is 0.0890. The van der Waals surface area contributed by atoms with Gasteiger partial charge in [0, 0.05) is 13.1 Å². The average molecular weight is 698 g/mol. The third-order valence-corrected chi connectivity index (χ3v) is 9.10. The van der Waals surface area contributed by atoms with E-state index in [0.29, 0.717) is 11.5 Å². The molecule has 6 rings (SSSR count). The zero-order chi connectivity index (χ0) is 36.3. The molecule has 0 heterocycles. The largest absolute Gasteiger partial charge is 0.469 e. The lowest BCUT2D eigenvalue weighted by Crippen LogP contribution is -2.62. The molecule has 0 saturated heterocycles. The maximum atomic E-state index is 14.8. The second-order valence-corrected chi connectivity index (χ2v) is 12.6. The highest BCUT2D eigenvalue weighted by Gasteiger charge is 2.65. The van der Waals surface area contributed by atoms with Gasteiger partial charge in [0.05, 0.1) is 30.8 Å². The van der Waals surface area contributed by atoms with Crippen LogP contribution in [0.4, 0.5) is 0 Å². The Kier molecular flexibility index (Phi) is 11.7. The van der Waals surface area contributed by atoms with Crippen molar-refractivity contribution in [2.75, 3.05) is 7.11 Å². The Balaban J connectivity index is 1.30. The summed E-state index contributed by atoms with van der Waals surface area (Å²) in [5.74, 6) is -6.60. The number of methoxy groups -OCH3 is 1. The fraction of sp³-hybridized carbons (Fsp3) is 0.209. The van der Waals surface area contributed by atoms with Gasteiger partial charge in [-0.05, 0) is 46.5 Å². The predicted octanol–water partition coefficient (Wildman–Crippen LogP) is 7.15. The van der Waals surface area contributed by atoms with E-state index in [1.807, 2.05) is 121 Å². The zero-order valence-corrected chi connectivity index (χ0v) is 28.7. The van der Waals surface area contributed by atoms with E-state index in [1.54, 1.807) is 29.2 Å². The van der Waals surface area contributed by atoms with Crippen LogP contribution < -0.4 is 4.74 Å². The molecule has 1 aliphatic carbocycles. The monoisotopic (exact) mass is 697 g/mol. The van der Waals surface area contributed by atoms with Crippen molar-refractivity contribution in [2.45, 2.75) is 26.3 Å². The molecule has 1 saturated carbocycles. The Morgan fingerprint density at radius 1 is 0.462 bits per heavy atom. The van der Waals surface area contributed by atoms with E-state index < -0.39 is 47.5 Å². The van der Waals surface area contributed by atoms with Crippen molar-refractivity contribution in [1.29, 1.82) is 0 Å². The molecule has 9 heteroatoms. The number of carbonyl (C=O) groups excluding carboxylic acids is 4. The van der Waals surface area contributed by atoms with Crippen molar-refractivity contribution in [1.82, 2.24) is 4.90 Å². The smallest absolute Gasteiger partial charge is 0.311 e. The highest BCUT2D eigenvalue weighted by molar-refractivity contribution is 5.99. The molecule has 264 valence electrons. The van der Waals surface area contributed by atoms with Crippen molar-refractivity contribution in [3.63, 3.8) is 0 Å². The second-order valence-electron chi connectivity index (χ2n) is 12.6. The molecule has 9 nitrogen and oxygen atoms in total. The van der Waals surface area contributed by atoms with Gasteiger partial charge in [0.25, 0.3) is 0 Å². The van der Waals surface area contributed by atoms with Crippen LogP contribution in [-0.4, -0.2) is 35.8 Å². The number of hydrogen-bond acceptors (Lipinski definition) is 8. The number of ether oxygens (including phenoxy) is 4. The van der Waals surface area contributed by atoms with Crippen LogP contribution in [0.1, 0.15) is 22.3 Å². The van der Waals surface area contributed by atoms with E-state index in [1.165, 1.54) is 7.11 Å². The van der Waals surface area contributed by atoms with E-state index >= 15 is 0 Å². The molecule has 0 N–H and O–H groups in total. The number of amides is 1. The Bertz CT molecular complexity index is 1870. The van der Waals surface area contributed by atoms with Crippen LogP contribution in [-0.2, 0) is 59.7 Å². The SMILES string of the molecule is COC(=O)[C@H]1[C@@H](C(=O)OCc2ccccc2)[C@H](C(=O)N(Cc2ccccc2)Cc2ccc(Oc3ccccc3)cc2)[C@@H]1C(=O)OCc1ccccc1. The fourth-order valence-electron chi connectivity index (χ4n) is 6.46. The van der Waals surface area contributed by atoms with Gasteiger partial charge in [-0.2, -0.15) is 0 Å². The Hall–Kier alpha value is -6.22. The van der Waals surface area contributed by atoms with E-state index in [9.17, 15) is 19.2 Å². The molecular formula is C43H39NO8. The number of carbonyl (C=O) groups is 4. The summed E-state index contributed by atoms with van der Waals surface area (Å²) in [5.41, 5.74) is 3.10. The first-order valence-corrected chi connectivity index (χ1v) is 17.0. The Morgan fingerprint density at radius 2 is 0.846 bits per heavy atom. The van der Waals surface area contributed by atoms with Crippen LogP contribution in [0.25, 0.3) is 0 Å². The molecule has 0 spiro atoms. The molecule has 0 bridgehead atoms. The zero-order valence-electron chi connectivity index (χ0n) is 28.7. The number of hydrogen-bond donors (Lipinski definition) is 0. The van der Waals surface area contributed by atoms with Gasteiger partial charge in [0.1, 0.15) is 24.7 Å². The standard InChI is InChI=1S/C43H39NO8/c1-49-41(46)39-37(42(47)50-28-32-16-8-3-9-17-32)36(38(39)43(48)51-29-33-18-10-4-11-19-33)40(45)44(26-30-14-6-2-7-15-30)27-31-22-24-35(25-23-31)52-34-20-12-5-13-21-34/h2-25,36-39H,26-29H2,1H3/t36-,37-,38-,39-/m0/s1. The first-order chi connectivity index (χ1) is 25.4. The molecule has 0 aromatic heterocycles. The van der Waals surface area contributed by atoms with E-state index in [4.69, 9.17) is 18.9 Å². The van der Waals surface area contributed by atoms with Crippen molar-refractivity contribution < 1.29 is 38.1 Å². The van der Waals surface area contributed by atoms with Crippen molar-refractivity contribution in [2.24, 2.45) is 23.7 Å². The summed E-state index contributed by atoms with van der Waals surface area (Å²) in [4.78, 5) is 57.4. The summed E-state index contributed by atoms with van der Waals surface area (Å²) in [5, 5.41) is 0. The van der Waals surface area contributed by atoms with Crippen LogP contribution in [0.2, 0.25) is 0 Å². The Morgan fingerprint density at radius 3 is 1.31 bits per heavy atom. The van der Waals surface area contributed by atoms with Gasteiger partial charge < -0.3 is 23.8 Å². The van der Waals surface area contributed by atoms with Crippen LogP contribution in [0.15, 0.2) is 146 Å². The summed E-state index contributed by atoms with van der Waals surface area (Å²) in [6, 6.07) is 44.3. The van der Waals surface area contributed by atoms with Crippen LogP contribution in [0.5, 0.6) is 11.5 Å². The van der Waals surface area contributed by atoms with Crippen LogP contribution in [0, 0.1) is 23.7 Å². The lowest BCUT2D eigenvalue weighted by molar-refractivity contribution is -0.196. The molecule has 0 aliphatic heterocycles. The third kappa shape index (κ3) is 8.73. The number of benzene rings is 5. The lowest BCUT2D eigenvalue weighted by Gasteiger charge is -2.47. The third-order valence-electron chi connectivity index (χ3n) is 9.10. The van der Waals surface area contributed by atoms with Gasteiger partial charge in [0.2, 0.25) is 5.91 Å². The minimum atomic E-state index is -1.28. The number of rotatable bonds is 14. The minimum absolute atomic E-state index is 0.0702. The Labute approximate surface area is 302 Å². The molecule has 1 amide bonds. The minimum Gasteiger partial charge on any atom is -0.469 e. The lowest BCUT2D eigenvalue weighted by atomic mass is 9.55. The topological polar surface area (TPSA) is 108 Å². The van der Waals surface area contributed by atoms with Gasteiger partial charge in [-0.1, -0.05) is 121 Å². The van der Waals surface area contributed by atoms with Gasteiger partial charge in [-0.3, -0.25) is 19.2 Å². The number of para-hydroxylation sites is 1. The molecular weight excluding hydrogens is 658 g/mol.